The Bertz CT molecular complexity index is 1750. The molecule has 0 N–H and O–H groups in total. The summed E-state index contributed by atoms with van der Waals surface area (Å²) in [6.45, 7) is 5.89. The van der Waals surface area contributed by atoms with E-state index in [-0.39, 0.29) is 4.90 Å². The van der Waals surface area contributed by atoms with Crippen molar-refractivity contribution in [1.82, 2.24) is 17.6 Å². The summed E-state index contributed by atoms with van der Waals surface area (Å²) in [6, 6.07) is 22.1. The van der Waals surface area contributed by atoms with Crippen molar-refractivity contribution in [3.8, 4) is 0 Å². The molecule has 182 valence electrons. The highest BCUT2D eigenvalue weighted by Gasteiger charge is 2.30. The van der Waals surface area contributed by atoms with Gasteiger partial charge in [0, 0.05) is 41.8 Å². The molecule has 6 rings (SSSR count). The maximum atomic E-state index is 13.5. The second-order valence-corrected chi connectivity index (χ2v) is 11.7. The van der Waals surface area contributed by atoms with Gasteiger partial charge in [-0.05, 0) is 55.2 Å². The van der Waals surface area contributed by atoms with Crippen LogP contribution < -0.4 is 0 Å². The molecular weight excluding hydrogens is 488 g/mol. The van der Waals surface area contributed by atoms with Crippen LogP contribution in [0.2, 0.25) is 0 Å². The summed E-state index contributed by atoms with van der Waals surface area (Å²) in [7, 11) is -3.67. The predicted molar refractivity (Wildman–Crippen MR) is 146 cm³/mol. The van der Waals surface area contributed by atoms with Crippen molar-refractivity contribution in [2.24, 2.45) is 0 Å². The quantitative estimate of drug-likeness (QED) is 0.298. The Labute approximate surface area is 214 Å². The van der Waals surface area contributed by atoms with Crippen LogP contribution in [0.4, 0.5) is 0 Å². The number of benzene rings is 3. The molecule has 0 saturated heterocycles. The molecule has 0 spiro atoms. The predicted octanol–water partition coefficient (Wildman–Crippen LogP) is 5.79. The third-order valence-corrected chi connectivity index (χ3v) is 9.62. The van der Waals surface area contributed by atoms with Crippen molar-refractivity contribution in [1.29, 1.82) is 0 Å². The van der Waals surface area contributed by atoms with E-state index in [4.69, 9.17) is 0 Å². The smallest absolute Gasteiger partial charge is 0.245 e. The second-order valence-electron chi connectivity index (χ2n) is 9.22. The normalized spacial score (nSPS) is 15.0. The van der Waals surface area contributed by atoms with Gasteiger partial charge >= 0.3 is 0 Å². The first-order valence-electron chi connectivity index (χ1n) is 12.0. The lowest BCUT2D eigenvalue weighted by molar-refractivity contribution is 0.442. The van der Waals surface area contributed by atoms with E-state index in [1.54, 1.807) is 22.5 Å². The monoisotopic (exact) mass is 514 g/mol. The number of fused-ring (bicyclic) bond motifs is 2. The van der Waals surface area contributed by atoms with Crippen molar-refractivity contribution >= 4 is 49.3 Å². The molecule has 0 bridgehead atoms. The number of hydrogen-bond donors (Lipinski definition) is 0. The highest BCUT2D eigenvalue weighted by atomic mass is 32.2. The number of sulfonamides is 1. The van der Waals surface area contributed by atoms with Crippen molar-refractivity contribution in [2.45, 2.75) is 31.7 Å². The second kappa shape index (κ2) is 8.96. The Morgan fingerprint density at radius 1 is 0.944 bits per heavy atom. The van der Waals surface area contributed by atoms with Gasteiger partial charge < -0.3 is 4.57 Å². The summed E-state index contributed by atoms with van der Waals surface area (Å²) in [6.07, 6.45) is 2.73. The average molecular weight is 515 g/mol. The van der Waals surface area contributed by atoms with Crippen LogP contribution in [0.1, 0.15) is 28.8 Å². The molecule has 8 heteroatoms. The number of hydrogen-bond acceptors (Lipinski definition) is 5. The molecule has 0 aliphatic carbocycles. The molecule has 5 aromatic rings. The van der Waals surface area contributed by atoms with Crippen LogP contribution >= 0.6 is 11.7 Å². The lowest BCUT2D eigenvalue weighted by Crippen LogP contribution is -2.34. The lowest BCUT2D eigenvalue weighted by Gasteiger charge is -2.26. The maximum Gasteiger partial charge on any atom is 0.245 e. The highest BCUT2D eigenvalue weighted by molar-refractivity contribution is 7.89. The minimum atomic E-state index is -3.67. The minimum Gasteiger partial charge on any atom is -0.340 e. The third-order valence-electron chi connectivity index (χ3n) is 7.18. The SMILES string of the molecule is Cc1ccccc1Cn1c(C)c(C2=CCN(S(=O)(=O)c3cccc4nsnc34)CC2)c2ccccc21. The molecule has 36 heavy (non-hydrogen) atoms. The largest absolute Gasteiger partial charge is 0.340 e. The molecule has 0 atom stereocenters. The molecule has 1 aliphatic heterocycles. The Kier molecular flexibility index (Phi) is 5.75. The standard InChI is InChI=1S/C28H26N4O2S2/c1-19-8-3-4-9-22(19)18-32-20(2)27(23-10-5-6-12-25(23)32)21-14-16-31(17-15-21)36(33,34)26-13-7-11-24-28(26)30-35-29-24/h3-14H,15-18H2,1-2H3. The molecule has 0 radical (unpaired) electrons. The maximum absolute atomic E-state index is 13.5. The van der Waals surface area contributed by atoms with Gasteiger partial charge in [-0.15, -0.1) is 0 Å². The Morgan fingerprint density at radius 3 is 2.56 bits per heavy atom. The summed E-state index contributed by atoms with van der Waals surface area (Å²) in [5.74, 6) is 0. The summed E-state index contributed by atoms with van der Waals surface area (Å²) in [5.41, 5.74) is 8.48. The Morgan fingerprint density at radius 2 is 1.75 bits per heavy atom. The molecule has 0 unspecified atom stereocenters. The van der Waals surface area contributed by atoms with Gasteiger partial charge in [0.1, 0.15) is 15.9 Å². The summed E-state index contributed by atoms with van der Waals surface area (Å²) < 4.78 is 39.3. The van der Waals surface area contributed by atoms with E-state index in [9.17, 15) is 8.42 Å². The fraction of sp³-hybridized carbons (Fsp3) is 0.214. The number of aryl methyl sites for hydroxylation is 1. The van der Waals surface area contributed by atoms with Crippen molar-refractivity contribution < 1.29 is 8.42 Å². The topological polar surface area (TPSA) is 68.1 Å². The number of para-hydroxylation sites is 1. The van der Waals surface area contributed by atoms with Gasteiger partial charge in [-0.25, -0.2) is 8.42 Å². The number of rotatable bonds is 5. The first kappa shape index (κ1) is 23.1. The van der Waals surface area contributed by atoms with Crippen LogP contribution in [0.25, 0.3) is 27.5 Å². The molecule has 6 nitrogen and oxygen atoms in total. The molecule has 0 saturated carbocycles. The van der Waals surface area contributed by atoms with E-state index in [0.717, 1.165) is 18.3 Å². The summed E-state index contributed by atoms with van der Waals surface area (Å²) >= 11 is 1.04. The zero-order chi connectivity index (χ0) is 24.9. The minimum absolute atomic E-state index is 0.233. The Balaban J connectivity index is 1.36. The van der Waals surface area contributed by atoms with Crippen LogP contribution in [-0.4, -0.2) is 39.1 Å². The van der Waals surface area contributed by atoms with Gasteiger partial charge in [0.05, 0.1) is 11.7 Å². The zero-order valence-corrected chi connectivity index (χ0v) is 21.8. The Hall–Kier alpha value is -3.33. The van der Waals surface area contributed by atoms with Crippen LogP contribution in [0.3, 0.4) is 0 Å². The number of aromatic nitrogens is 3. The van der Waals surface area contributed by atoms with E-state index in [1.165, 1.54) is 38.9 Å². The van der Waals surface area contributed by atoms with Gasteiger partial charge in [-0.1, -0.05) is 54.6 Å². The first-order valence-corrected chi connectivity index (χ1v) is 14.2. The molecule has 0 fully saturated rings. The van der Waals surface area contributed by atoms with Crippen molar-refractivity contribution in [3.63, 3.8) is 0 Å². The average Bonchev–Trinajstić information content (AvgIpc) is 3.48. The lowest BCUT2D eigenvalue weighted by atomic mass is 9.97. The van der Waals surface area contributed by atoms with Crippen molar-refractivity contribution in [2.75, 3.05) is 13.1 Å². The molecule has 1 aliphatic rings. The van der Waals surface area contributed by atoms with E-state index < -0.39 is 10.0 Å². The van der Waals surface area contributed by atoms with E-state index >= 15 is 0 Å². The summed E-state index contributed by atoms with van der Waals surface area (Å²) in [5, 5.41) is 1.21. The van der Waals surface area contributed by atoms with Gasteiger partial charge in [-0.2, -0.15) is 13.1 Å². The van der Waals surface area contributed by atoms with Gasteiger partial charge in [0.25, 0.3) is 0 Å². The fourth-order valence-electron chi connectivity index (χ4n) is 5.22. The van der Waals surface area contributed by atoms with Crippen LogP contribution in [0, 0.1) is 13.8 Å². The van der Waals surface area contributed by atoms with E-state index in [0.29, 0.717) is 30.5 Å². The van der Waals surface area contributed by atoms with E-state index in [2.05, 4.69) is 81.8 Å². The molecule has 3 aromatic carbocycles. The van der Waals surface area contributed by atoms with Gasteiger partial charge in [-0.3, -0.25) is 0 Å². The highest BCUT2D eigenvalue weighted by Crippen LogP contribution is 2.36. The first-order chi connectivity index (χ1) is 17.4. The summed E-state index contributed by atoms with van der Waals surface area (Å²) in [4.78, 5) is 0.233. The molecule has 0 amide bonds. The third kappa shape index (κ3) is 3.77. The molecule has 2 aromatic heterocycles. The zero-order valence-electron chi connectivity index (χ0n) is 20.2. The van der Waals surface area contributed by atoms with Crippen LogP contribution in [-0.2, 0) is 16.6 Å². The van der Waals surface area contributed by atoms with Crippen LogP contribution in [0.5, 0.6) is 0 Å². The van der Waals surface area contributed by atoms with Crippen LogP contribution in [0.15, 0.2) is 77.7 Å². The fourth-order valence-corrected chi connectivity index (χ4v) is 7.36. The number of nitrogens with zero attached hydrogens (tertiary/aromatic N) is 4. The van der Waals surface area contributed by atoms with Gasteiger partial charge in [0.2, 0.25) is 10.0 Å². The molecular formula is C28H26N4O2S2. The van der Waals surface area contributed by atoms with Gasteiger partial charge in [0.15, 0.2) is 0 Å². The molecule has 3 heterocycles. The van der Waals surface area contributed by atoms with E-state index in [1.807, 2.05) is 0 Å². The van der Waals surface area contributed by atoms with Crippen molar-refractivity contribution in [3.05, 3.63) is 95.2 Å².